The Morgan fingerprint density at radius 2 is 2.32 bits per heavy atom. The first-order valence-electron chi connectivity index (χ1n) is 6.06. The minimum atomic E-state index is -0.0291. The molecule has 0 bridgehead atoms. The maximum atomic E-state index is 11.2. The Balaban J connectivity index is 2.14. The molecule has 0 aliphatic rings. The Bertz CT molecular complexity index is 449. The molecule has 1 aromatic heterocycles. The van der Waals surface area contributed by atoms with E-state index in [4.69, 9.17) is 16.3 Å². The van der Waals surface area contributed by atoms with Crippen molar-refractivity contribution in [2.45, 2.75) is 19.8 Å². The van der Waals surface area contributed by atoms with Crippen LogP contribution in [-0.4, -0.2) is 29.9 Å². The van der Waals surface area contributed by atoms with Crippen LogP contribution in [0.3, 0.4) is 0 Å². The number of aryl methyl sites for hydroxylation is 1. The fourth-order valence-corrected chi connectivity index (χ4v) is 1.36. The van der Waals surface area contributed by atoms with Crippen LogP contribution in [0.15, 0.2) is 18.3 Å². The summed E-state index contributed by atoms with van der Waals surface area (Å²) in [6.07, 6.45) is 2.78. The van der Waals surface area contributed by atoms with Gasteiger partial charge < -0.3 is 10.1 Å². The number of pyridine rings is 1. The summed E-state index contributed by atoms with van der Waals surface area (Å²) in [5, 5.41) is 2.68. The lowest BCUT2D eigenvalue weighted by Crippen LogP contribution is -2.23. The highest BCUT2D eigenvalue weighted by Gasteiger charge is 1.97. The molecule has 0 atom stereocenters. The highest BCUT2D eigenvalue weighted by molar-refractivity contribution is 6.17. The van der Waals surface area contributed by atoms with Crippen molar-refractivity contribution in [3.05, 3.63) is 24.0 Å². The van der Waals surface area contributed by atoms with Gasteiger partial charge in [0.05, 0.1) is 12.7 Å². The van der Waals surface area contributed by atoms with Gasteiger partial charge in [-0.2, -0.15) is 0 Å². The first-order chi connectivity index (χ1) is 9.22. The van der Waals surface area contributed by atoms with Crippen LogP contribution < -0.4 is 10.1 Å². The van der Waals surface area contributed by atoms with Crippen LogP contribution in [0.5, 0.6) is 5.75 Å². The smallest absolute Gasteiger partial charge is 0.220 e. The third-order valence-corrected chi connectivity index (χ3v) is 2.50. The Labute approximate surface area is 118 Å². The highest BCUT2D eigenvalue weighted by Crippen LogP contribution is 2.07. The average Bonchev–Trinajstić information content (AvgIpc) is 2.42. The van der Waals surface area contributed by atoms with E-state index in [1.165, 1.54) is 0 Å². The molecular weight excluding hydrogens is 264 g/mol. The summed E-state index contributed by atoms with van der Waals surface area (Å²) in [6.45, 7) is 2.52. The van der Waals surface area contributed by atoms with Crippen LogP contribution in [0.1, 0.15) is 18.5 Å². The van der Waals surface area contributed by atoms with Crippen LogP contribution in [0.2, 0.25) is 0 Å². The van der Waals surface area contributed by atoms with Crippen LogP contribution in [0.4, 0.5) is 0 Å². The lowest BCUT2D eigenvalue weighted by Gasteiger charge is -2.01. The molecule has 19 heavy (non-hydrogen) atoms. The van der Waals surface area contributed by atoms with Crippen molar-refractivity contribution in [3.8, 4) is 17.6 Å². The van der Waals surface area contributed by atoms with E-state index in [0.29, 0.717) is 31.0 Å². The normalized spacial score (nSPS) is 9.37. The third kappa shape index (κ3) is 7.32. The summed E-state index contributed by atoms with van der Waals surface area (Å²) in [7, 11) is 0. The molecule has 4 nitrogen and oxygen atoms in total. The van der Waals surface area contributed by atoms with Crippen LogP contribution >= 0.6 is 11.6 Å². The molecule has 1 N–H and O–H groups in total. The Hall–Kier alpha value is -1.73. The lowest BCUT2D eigenvalue weighted by atomic mass is 10.3. The van der Waals surface area contributed by atoms with Crippen LogP contribution in [0.25, 0.3) is 0 Å². The summed E-state index contributed by atoms with van der Waals surface area (Å²) in [6, 6.07) is 3.72. The van der Waals surface area contributed by atoms with Gasteiger partial charge in [-0.1, -0.05) is 11.8 Å². The van der Waals surface area contributed by atoms with Gasteiger partial charge in [0.2, 0.25) is 5.91 Å². The van der Waals surface area contributed by atoms with E-state index in [9.17, 15) is 4.79 Å². The van der Waals surface area contributed by atoms with Crippen molar-refractivity contribution in [3.63, 3.8) is 0 Å². The van der Waals surface area contributed by atoms with Crippen LogP contribution in [-0.2, 0) is 4.79 Å². The molecular formula is C14H17ClN2O2. The predicted molar refractivity (Wildman–Crippen MR) is 75.2 cm³/mol. The fraction of sp³-hybridized carbons (Fsp3) is 0.429. The first-order valence-corrected chi connectivity index (χ1v) is 6.59. The molecule has 0 saturated heterocycles. The second-order valence-corrected chi connectivity index (χ2v) is 4.22. The van der Waals surface area contributed by atoms with Crippen LogP contribution in [0, 0.1) is 18.8 Å². The zero-order valence-corrected chi connectivity index (χ0v) is 11.7. The fourth-order valence-electron chi connectivity index (χ4n) is 1.23. The zero-order chi connectivity index (χ0) is 13.9. The molecule has 0 aliphatic heterocycles. The van der Waals surface area contributed by atoms with E-state index >= 15 is 0 Å². The molecule has 0 spiro atoms. The minimum absolute atomic E-state index is 0.0291. The van der Waals surface area contributed by atoms with Gasteiger partial charge >= 0.3 is 0 Å². The number of ether oxygens (including phenoxy) is 1. The van der Waals surface area contributed by atoms with E-state index in [-0.39, 0.29) is 12.5 Å². The Kier molecular flexibility index (Phi) is 7.45. The number of alkyl halides is 1. The molecule has 0 fully saturated rings. The lowest BCUT2D eigenvalue weighted by molar-refractivity contribution is -0.120. The Morgan fingerprint density at radius 3 is 3.00 bits per heavy atom. The summed E-state index contributed by atoms with van der Waals surface area (Å²) in [5.41, 5.74) is 0.943. The molecule has 5 heteroatoms. The van der Waals surface area contributed by atoms with Gasteiger partial charge in [-0.25, -0.2) is 0 Å². The number of carbonyl (C=O) groups is 1. The topological polar surface area (TPSA) is 51.2 Å². The number of carbonyl (C=O) groups excluding carboxylic acids is 1. The summed E-state index contributed by atoms with van der Waals surface area (Å²) >= 11 is 5.49. The van der Waals surface area contributed by atoms with E-state index < -0.39 is 0 Å². The van der Waals surface area contributed by atoms with Gasteiger partial charge in [0.15, 0.2) is 0 Å². The molecule has 0 aliphatic carbocycles. The minimum Gasteiger partial charge on any atom is -0.479 e. The number of amides is 1. The second kappa shape index (κ2) is 9.23. The monoisotopic (exact) mass is 280 g/mol. The summed E-state index contributed by atoms with van der Waals surface area (Å²) in [5.74, 6) is 6.79. The molecule has 0 unspecified atom stereocenters. The van der Waals surface area contributed by atoms with Gasteiger partial charge in [-0.05, 0) is 25.5 Å². The number of aromatic nitrogens is 1. The third-order valence-electron chi connectivity index (χ3n) is 2.23. The van der Waals surface area contributed by atoms with Crippen molar-refractivity contribution >= 4 is 17.5 Å². The molecule has 1 heterocycles. The zero-order valence-electron chi connectivity index (χ0n) is 10.9. The number of halogens is 1. The second-order valence-electron chi connectivity index (χ2n) is 3.85. The van der Waals surface area contributed by atoms with Gasteiger partial charge in [-0.3, -0.25) is 9.78 Å². The molecule has 0 saturated carbocycles. The molecule has 102 valence electrons. The van der Waals surface area contributed by atoms with Gasteiger partial charge in [0, 0.05) is 18.0 Å². The van der Waals surface area contributed by atoms with E-state index in [1.54, 1.807) is 6.20 Å². The largest absolute Gasteiger partial charge is 0.479 e. The van der Waals surface area contributed by atoms with Gasteiger partial charge in [-0.15, -0.1) is 11.6 Å². The highest BCUT2D eigenvalue weighted by atomic mass is 35.5. The van der Waals surface area contributed by atoms with Gasteiger partial charge in [0.1, 0.15) is 12.4 Å². The molecule has 1 amide bonds. The van der Waals surface area contributed by atoms with Crippen molar-refractivity contribution in [2.24, 2.45) is 0 Å². The van der Waals surface area contributed by atoms with Crippen molar-refractivity contribution in [2.75, 3.05) is 19.0 Å². The van der Waals surface area contributed by atoms with Crippen molar-refractivity contribution < 1.29 is 9.53 Å². The number of nitrogens with one attached hydrogen (secondary N) is 1. The average molecular weight is 281 g/mol. The molecule has 0 aromatic carbocycles. The van der Waals surface area contributed by atoms with Crippen molar-refractivity contribution in [1.29, 1.82) is 0 Å². The van der Waals surface area contributed by atoms with E-state index in [1.807, 2.05) is 19.1 Å². The summed E-state index contributed by atoms with van der Waals surface area (Å²) in [4.78, 5) is 15.3. The summed E-state index contributed by atoms with van der Waals surface area (Å²) < 4.78 is 5.37. The van der Waals surface area contributed by atoms with E-state index in [0.717, 1.165) is 5.69 Å². The van der Waals surface area contributed by atoms with E-state index in [2.05, 4.69) is 22.1 Å². The first kappa shape index (κ1) is 15.3. The van der Waals surface area contributed by atoms with Crippen molar-refractivity contribution in [1.82, 2.24) is 10.3 Å². The number of hydrogen-bond acceptors (Lipinski definition) is 3. The number of hydrogen-bond donors (Lipinski definition) is 1. The number of nitrogens with zero attached hydrogens (tertiary/aromatic N) is 1. The molecule has 1 rings (SSSR count). The SMILES string of the molecule is Cc1ccc(OCC#CCNC(=O)CCCCl)cn1. The maximum Gasteiger partial charge on any atom is 0.220 e. The predicted octanol–water partition coefficient (Wildman–Crippen LogP) is 1.91. The Morgan fingerprint density at radius 1 is 1.47 bits per heavy atom. The van der Waals surface area contributed by atoms with Gasteiger partial charge in [0.25, 0.3) is 0 Å². The molecule has 0 radical (unpaired) electrons. The quantitative estimate of drug-likeness (QED) is 0.640. The maximum absolute atomic E-state index is 11.2. The standard InChI is InChI=1S/C14H17ClN2O2/c1-12-6-7-13(11-17-12)19-10-3-2-9-16-14(18)5-4-8-15/h6-7,11H,4-5,8-10H2,1H3,(H,16,18). The number of rotatable bonds is 6. The molecule has 1 aromatic rings.